The van der Waals surface area contributed by atoms with E-state index in [1.807, 2.05) is 0 Å². The van der Waals surface area contributed by atoms with E-state index in [1.165, 1.54) is 42.7 Å². The van der Waals surface area contributed by atoms with Crippen LogP contribution in [0.5, 0.6) is 17.2 Å². The lowest BCUT2D eigenvalue weighted by molar-refractivity contribution is 0.174. The van der Waals surface area contributed by atoms with Gasteiger partial charge in [-0.25, -0.2) is 0 Å². The Hall–Kier alpha value is -1.66. The molecule has 1 atom stereocenters. The number of halogens is 2. The third-order valence-corrected chi connectivity index (χ3v) is 6.55. The van der Waals surface area contributed by atoms with E-state index in [1.54, 1.807) is 7.11 Å². The molecule has 0 N–H and O–H groups in total. The number of fused-ring (bicyclic) bond motifs is 2. The highest BCUT2D eigenvalue weighted by Crippen LogP contribution is 2.37. The third kappa shape index (κ3) is 5.58. The van der Waals surface area contributed by atoms with Crippen LogP contribution in [0.15, 0.2) is 36.4 Å². The van der Waals surface area contributed by atoms with Crippen molar-refractivity contribution < 1.29 is 14.2 Å². The molecule has 2 aromatic rings. The molecule has 170 valence electrons. The Balaban J connectivity index is 0.00000136. The zero-order valence-corrected chi connectivity index (χ0v) is 19.7. The van der Waals surface area contributed by atoms with E-state index in [-0.39, 0.29) is 24.8 Å². The molecule has 0 spiro atoms. The predicted molar refractivity (Wildman–Crippen MR) is 127 cm³/mol. The number of rotatable bonds is 6. The first-order valence-electron chi connectivity index (χ1n) is 10.8. The van der Waals surface area contributed by atoms with Gasteiger partial charge in [-0.1, -0.05) is 12.1 Å². The molecule has 7 heteroatoms. The van der Waals surface area contributed by atoms with Crippen molar-refractivity contribution in [1.29, 1.82) is 0 Å². The standard InChI is InChI=1S/C24H30N2O3.2ClH/c1-27-22-4-2-18(3-5-22)6-9-25-10-7-19(14-25)15-26-11-8-20-12-23-24(29-17-28-23)13-21(20)16-26;;/h2-5,12-13,19H,6-11,14-17H2,1H3;2*1H. The smallest absolute Gasteiger partial charge is 0.231 e. The van der Waals surface area contributed by atoms with Crippen molar-refractivity contribution in [1.82, 2.24) is 9.80 Å². The molecule has 0 aliphatic carbocycles. The minimum absolute atomic E-state index is 0. The monoisotopic (exact) mass is 466 g/mol. The number of methoxy groups -OCH3 is 1. The summed E-state index contributed by atoms with van der Waals surface area (Å²) in [5.41, 5.74) is 4.23. The van der Waals surface area contributed by atoms with Crippen LogP contribution >= 0.6 is 24.8 Å². The van der Waals surface area contributed by atoms with Gasteiger partial charge in [-0.05, 0) is 72.7 Å². The topological polar surface area (TPSA) is 34.2 Å². The van der Waals surface area contributed by atoms with E-state index in [0.29, 0.717) is 6.79 Å². The van der Waals surface area contributed by atoms with Crippen LogP contribution < -0.4 is 14.2 Å². The summed E-state index contributed by atoms with van der Waals surface area (Å²) in [6.07, 6.45) is 3.54. The Morgan fingerprint density at radius 1 is 0.968 bits per heavy atom. The lowest BCUT2D eigenvalue weighted by Crippen LogP contribution is -2.35. The number of nitrogens with zero attached hydrogens (tertiary/aromatic N) is 2. The number of hydrogen-bond donors (Lipinski definition) is 0. The van der Waals surface area contributed by atoms with Crippen molar-refractivity contribution in [2.45, 2.75) is 25.8 Å². The maximum absolute atomic E-state index is 5.57. The molecule has 3 heterocycles. The highest BCUT2D eigenvalue weighted by Gasteiger charge is 2.27. The summed E-state index contributed by atoms with van der Waals surface area (Å²) < 4.78 is 16.3. The quantitative estimate of drug-likeness (QED) is 0.637. The third-order valence-electron chi connectivity index (χ3n) is 6.55. The molecule has 5 rings (SSSR count). The Labute approximate surface area is 197 Å². The predicted octanol–water partition coefficient (Wildman–Crippen LogP) is 4.19. The first kappa shape index (κ1) is 24.0. The van der Waals surface area contributed by atoms with Gasteiger partial charge >= 0.3 is 0 Å². The molecule has 0 aromatic heterocycles. The molecule has 1 saturated heterocycles. The fraction of sp³-hybridized carbons (Fsp3) is 0.500. The average Bonchev–Trinajstić information content (AvgIpc) is 3.39. The van der Waals surface area contributed by atoms with E-state index in [0.717, 1.165) is 55.6 Å². The second-order valence-corrected chi connectivity index (χ2v) is 8.51. The van der Waals surface area contributed by atoms with Crippen molar-refractivity contribution in [2.24, 2.45) is 5.92 Å². The van der Waals surface area contributed by atoms with Gasteiger partial charge in [0.15, 0.2) is 11.5 Å². The van der Waals surface area contributed by atoms with E-state index >= 15 is 0 Å². The zero-order chi connectivity index (χ0) is 19.6. The van der Waals surface area contributed by atoms with Gasteiger partial charge in [0.1, 0.15) is 5.75 Å². The zero-order valence-electron chi connectivity index (χ0n) is 18.0. The van der Waals surface area contributed by atoms with Gasteiger partial charge in [-0.15, -0.1) is 24.8 Å². The Bertz CT molecular complexity index is 863. The van der Waals surface area contributed by atoms with Crippen molar-refractivity contribution in [3.63, 3.8) is 0 Å². The van der Waals surface area contributed by atoms with Crippen LogP contribution in [-0.2, 0) is 19.4 Å². The molecule has 3 aliphatic rings. The van der Waals surface area contributed by atoms with Gasteiger partial charge in [-0.2, -0.15) is 0 Å². The molecule has 0 radical (unpaired) electrons. The van der Waals surface area contributed by atoms with Gasteiger partial charge in [0, 0.05) is 32.7 Å². The number of ether oxygens (including phenoxy) is 3. The lowest BCUT2D eigenvalue weighted by atomic mass is 9.97. The van der Waals surface area contributed by atoms with Gasteiger partial charge in [0.25, 0.3) is 0 Å². The SMILES string of the molecule is COc1ccc(CCN2CCC(CN3CCc4cc5c(cc4C3)OCO5)C2)cc1.Cl.Cl. The van der Waals surface area contributed by atoms with Crippen molar-refractivity contribution in [3.8, 4) is 17.2 Å². The minimum Gasteiger partial charge on any atom is -0.497 e. The largest absolute Gasteiger partial charge is 0.497 e. The summed E-state index contributed by atoms with van der Waals surface area (Å²) in [4.78, 5) is 5.26. The molecular weight excluding hydrogens is 435 g/mol. The van der Waals surface area contributed by atoms with Crippen molar-refractivity contribution in [3.05, 3.63) is 53.1 Å². The Kier molecular flexibility index (Phi) is 8.34. The Morgan fingerprint density at radius 2 is 1.71 bits per heavy atom. The molecule has 3 aliphatic heterocycles. The Morgan fingerprint density at radius 3 is 2.45 bits per heavy atom. The van der Waals surface area contributed by atoms with Gasteiger partial charge in [-0.3, -0.25) is 4.90 Å². The van der Waals surface area contributed by atoms with E-state index in [4.69, 9.17) is 14.2 Å². The van der Waals surface area contributed by atoms with Crippen LogP contribution in [0.2, 0.25) is 0 Å². The summed E-state index contributed by atoms with van der Waals surface area (Å²) in [5, 5.41) is 0. The summed E-state index contributed by atoms with van der Waals surface area (Å²) in [6, 6.07) is 12.9. The fourth-order valence-corrected chi connectivity index (χ4v) is 4.87. The molecule has 31 heavy (non-hydrogen) atoms. The second-order valence-electron chi connectivity index (χ2n) is 8.51. The lowest BCUT2D eigenvalue weighted by Gasteiger charge is -2.31. The molecule has 5 nitrogen and oxygen atoms in total. The number of hydrogen-bond acceptors (Lipinski definition) is 5. The van der Waals surface area contributed by atoms with Gasteiger partial charge in [0.2, 0.25) is 6.79 Å². The highest BCUT2D eigenvalue weighted by molar-refractivity contribution is 5.85. The summed E-state index contributed by atoms with van der Waals surface area (Å²) >= 11 is 0. The van der Waals surface area contributed by atoms with Crippen LogP contribution in [0.4, 0.5) is 0 Å². The summed E-state index contributed by atoms with van der Waals surface area (Å²) in [6.45, 7) is 7.34. The molecular formula is C24H32Cl2N2O3. The first-order chi connectivity index (χ1) is 14.3. The molecule has 0 amide bonds. The fourth-order valence-electron chi connectivity index (χ4n) is 4.87. The maximum Gasteiger partial charge on any atom is 0.231 e. The summed E-state index contributed by atoms with van der Waals surface area (Å²) in [7, 11) is 1.72. The maximum atomic E-state index is 5.57. The summed E-state index contributed by atoms with van der Waals surface area (Å²) in [5.74, 6) is 3.54. The van der Waals surface area contributed by atoms with E-state index in [2.05, 4.69) is 46.2 Å². The van der Waals surface area contributed by atoms with Crippen LogP contribution in [0.25, 0.3) is 0 Å². The van der Waals surface area contributed by atoms with E-state index < -0.39 is 0 Å². The molecule has 1 unspecified atom stereocenters. The van der Waals surface area contributed by atoms with Crippen LogP contribution in [0, 0.1) is 5.92 Å². The van der Waals surface area contributed by atoms with Crippen LogP contribution in [0.1, 0.15) is 23.1 Å². The number of likely N-dealkylation sites (tertiary alicyclic amines) is 1. The normalized spacial score (nSPS) is 20.0. The second kappa shape index (κ2) is 10.8. The van der Waals surface area contributed by atoms with Crippen molar-refractivity contribution >= 4 is 24.8 Å². The molecule has 1 fully saturated rings. The van der Waals surface area contributed by atoms with E-state index in [9.17, 15) is 0 Å². The number of benzene rings is 2. The minimum atomic E-state index is 0. The van der Waals surface area contributed by atoms with Crippen molar-refractivity contribution in [2.75, 3.05) is 46.6 Å². The average molecular weight is 467 g/mol. The van der Waals surface area contributed by atoms with Gasteiger partial charge < -0.3 is 19.1 Å². The van der Waals surface area contributed by atoms with Crippen LogP contribution in [-0.4, -0.2) is 56.4 Å². The first-order valence-corrected chi connectivity index (χ1v) is 10.8. The molecule has 2 aromatic carbocycles. The van der Waals surface area contributed by atoms with Crippen LogP contribution in [0.3, 0.4) is 0 Å². The molecule has 0 bridgehead atoms. The van der Waals surface area contributed by atoms with Gasteiger partial charge in [0.05, 0.1) is 7.11 Å². The molecule has 0 saturated carbocycles. The highest BCUT2D eigenvalue weighted by atomic mass is 35.5.